The molecule has 0 fully saturated rings. The van der Waals surface area contributed by atoms with Crippen LogP contribution in [0.4, 0.5) is 0 Å². The maximum atomic E-state index is 10.2. The number of hydrogen-bond donors (Lipinski definition) is 1. The van der Waals surface area contributed by atoms with E-state index >= 15 is 0 Å². The van der Waals surface area contributed by atoms with E-state index in [-0.39, 0.29) is 5.02 Å². The molecule has 1 heterocycles. The summed E-state index contributed by atoms with van der Waals surface area (Å²) in [5.41, 5.74) is -0.405. The summed E-state index contributed by atoms with van der Waals surface area (Å²) in [6, 6.07) is 2.26. The zero-order valence-electron chi connectivity index (χ0n) is 3.81. The quantitative estimate of drug-likeness (QED) is 0.545. The largest absolute Gasteiger partial charge is 0.273 e. The first kappa shape index (κ1) is 5.31. The topological polar surface area (TPSA) is 45.8 Å². The summed E-state index contributed by atoms with van der Waals surface area (Å²) in [6.45, 7) is 0. The molecule has 3 nitrogen and oxygen atoms in total. The minimum Gasteiger partial charge on any atom is -0.267 e. The Kier molecular flexibility index (Phi) is 1.30. The van der Waals surface area contributed by atoms with Crippen molar-refractivity contribution in [2.24, 2.45) is 0 Å². The van der Waals surface area contributed by atoms with Crippen molar-refractivity contribution in [1.82, 2.24) is 10.2 Å². The van der Waals surface area contributed by atoms with Crippen molar-refractivity contribution in [2.45, 2.75) is 0 Å². The molecule has 0 spiro atoms. The van der Waals surface area contributed by atoms with Gasteiger partial charge in [-0.05, 0) is 0 Å². The second-order valence-electron chi connectivity index (χ2n) is 1.17. The van der Waals surface area contributed by atoms with Crippen molar-refractivity contribution in [3.63, 3.8) is 0 Å². The van der Waals surface area contributed by atoms with Crippen LogP contribution in [0.3, 0.4) is 0 Å². The number of rotatable bonds is 0. The fourth-order valence-electron chi connectivity index (χ4n) is 0.316. The monoisotopic (exact) mass is 129 g/mol. The summed E-state index contributed by atoms with van der Waals surface area (Å²) in [7, 11) is 0. The number of nitrogens with one attached hydrogen (secondary N) is 1. The van der Waals surface area contributed by atoms with Crippen LogP contribution >= 0.6 is 11.6 Å². The van der Waals surface area contributed by atoms with E-state index in [0.717, 1.165) is 0 Å². The molecule has 0 aliphatic heterocycles. The average Bonchev–Trinajstić information content (AvgIpc) is 1.64. The van der Waals surface area contributed by atoms with E-state index < -0.39 is 5.56 Å². The molecule has 1 aromatic heterocycles. The second kappa shape index (κ2) is 1.96. The molecule has 0 amide bonds. The molecule has 1 rings (SSSR count). The Hall–Kier alpha value is -0.830. The van der Waals surface area contributed by atoms with E-state index in [4.69, 9.17) is 11.6 Å². The van der Waals surface area contributed by atoms with Crippen LogP contribution in [0.25, 0.3) is 0 Å². The Morgan fingerprint density at radius 2 is 2.62 bits per heavy atom. The van der Waals surface area contributed by atoms with Crippen molar-refractivity contribution in [2.75, 3.05) is 0 Å². The minimum absolute atomic E-state index is 0.230. The highest BCUT2D eigenvalue weighted by Gasteiger charge is 1.85. The van der Waals surface area contributed by atoms with Gasteiger partial charge in [0, 0.05) is 0 Å². The average molecular weight is 130 g/mol. The van der Waals surface area contributed by atoms with Crippen LogP contribution in [-0.2, 0) is 0 Å². The lowest BCUT2D eigenvalue weighted by atomic mass is 10.6. The first-order chi connectivity index (χ1) is 3.79. The van der Waals surface area contributed by atoms with Gasteiger partial charge in [0.25, 0.3) is 5.56 Å². The van der Waals surface area contributed by atoms with Crippen LogP contribution in [0, 0.1) is 6.07 Å². The smallest absolute Gasteiger partial charge is 0.267 e. The molecule has 0 saturated heterocycles. The highest BCUT2D eigenvalue weighted by Crippen LogP contribution is 1.95. The Bertz CT molecular complexity index is 231. The Balaban J connectivity index is 3.28. The van der Waals surface area contributed by atoms with E-state index in [2.05, 4.69) is 16.3 Å². The number of hydrogen-bond acceptors (Lipinski definition) is 2. The molecule has 0 atom stereocenters. The standard InChI is InChI=1S/C4H2ClN2O/c5-3-1-4(8)7-6-2-3/h2H,(H,7,8). The summed E-state index contributed by atoms with van der Waals surface area (Å²) in [5, 5.41) is 5.74. The maximum Gasteiger partial charge on any atom is 0.273 e. The fourth-order valence-corrected chi connectivity index (χ4v) is 0.451. The van der Waals surface area contributed by atoms with Crippen LogP contribution in [0.1, 0.15) is 0 Å². The Labute approximate surface area is 50.3 Å². The molecule has 0 aliphatic rings. The third kappa shape index (κ3) is 1.07. The summed E-state index contributed by atoms with van der Waals surface area (Å²) in [4.78, 5) is 10.2. The molecule has 0 aliphatic carbocycles. The van der Waals surface area contributed by atoms with Gasteiger partial charge in [0.05, 0.1) is 17.3 Å². The fraction of sp³-hybridized carbons (Fsp3) is 0. The van der Waals surface area contributed by atoms with Crippen LogP contribution in [0.15, 0.2) is 11.0 Å². The van der Waals surface area contributed by atoms with Crippen molar-refractivity contribution in [3.8, 4) is 0 Å². The number of aromatic nitrogens is 2. The van der Waals surface area contributed by atoms with Gasteiger partial charge in [-0.2, -0.15) is 5.10 Å². The predicted octanol–water partition coefficient (Wildman–Crippen LogP) is 0.223. The second-order valence-corrected chi connectivity index (χ2v) is 1.58. The van der Waals surface area contributed by atoms with Gasteiger partial charge in [0.2, 0.25) is 0 Å². The van der Waals surface area contributed by atoms with Crippen molar-refractivity contribution in [1.29, 1.82) is 0 Å². The van der Waals surface area contributed by atoms with Gasteiger partial charge in [0.15, 0.2) is 0 Å². The highest BCUT2D eigenvalue weighted by atomic mass is 35.5. The van der Waals surface area contributed by atoms with E-state index in [0.29, 0.717) is 0 Å². The molecule has 8 heavy (non-hydrogen) atoms. The zero-order valence-corrected chi connectivity index (χ0v) is 4.57. The van der Waals surface area contributed by atoms with Crippen molar-refractivity contribution in [3.05, 3.63) is 27.6 Å². The van der Waals surface area contributed by atoms with Crippen molar-refractivity contribution < 1.29 is 0 Å². The number of H-pyrrole nitrogens is 1. The summed E-state index contributed by atoms with van der Waals surface area (Å²) in [6.07, 6.45) is 1.31. The molecule has 0 bridgehead atoms. The minimum atomic E-state index is -0.405. The lowest BCUT2D eigenvalue weighted by Gasteiger charge is -1.79. The lowest BCUT2D eigenvalue weighted by Crippen LogP contribution is -2.04. The number of aromatic amines is 1. The van der Waals surface area contributed by atoms with E-state index in [1.165, 1.54) is 6.20 Å². The lowest BCUT2D eigenvalue weighted by molar-refractivity contribution is 0.985. The van der Waals surface area contributed by atoms with Crippen LogP contribution < -0.4 is 5.56 Å². The van der Waals surface area contributed by atoms with Crippen LogP contribution in [0.5, 0.6) is 0 Å². The zero-order chi connectivity index (χ0) is 5.98. The SMILES string of the molecule is O=c1[c]c(Cl)cn[nH]1. The number of halogens is 1. The van der Waals surface area contributed by atoms with E-state index in [9.17, 15) is 4.79 Å². The third-order valence-corrected chi connectivity index (χ3v) is 0.769. The van der Waals surface area contributed by atoms with Gasteiger partial charge in [-0.1, -0.05) is 11.6 Å². The van der Waals surface area contributed by atoms with E-state index in [1.54, 1.807) is 0 Å². The van der Waals surface area contributed by atoms with Gasteiger partial charge >= 0.3 is 0 Å². The maximum absolute atomic E-state index is 10.2. The first-order valence-corrected chi connectivity index (χ1v) is 2.29. The molecule has 1 radical (unpaired) electrons. The van der Waals surface area contributed by atoms with Crippen LogP contribution in [0.2, 0.25) is 5.02 Å². The molecule has 1 aromatic rings. The molecular weight excluding hydrogens is 128 g/mol. The molecule has 0 saturated carbocycles. The number of nitrogens with zero attached hydrogens (tertiary/aromatic N) is 1. The molecule has 4 heteroatoms. The normalized spacial score (nSPS) is 9.12. The summed E-state index contributed by atoms with van der Waals surface area (Å²) < 4.78 is 0. The van der Waals surface area contributed by atoms with Gasteiger partial charge in [-0.25, -0.2) is 5.10 Å². The highest BCUT2D eigenvalue weighted by molar-refractivity contribution is 6.30. The summed E-state index contributed by atoms with van der Waals surface area (Å²) >= 11 is 5.31. The first-order valence-electron chi connectivity index (χ1n) is 1.91. The predicted molar refractivity (Wildman–Crippen MR) is 28.7 cm³/mol. The summed E-state index contributed by atoms with van der Waals surface area (Å²) in [5.74, 6) is 0. The molecular formula is C4H2ClN2O. The Morgan fingerprint density at radius 1 is 1.88 bits per heavy atom. The third-order valence-electron chi connectivity index (χ3n) is 0.577. The van der Waals surface area contributed by atoms with Gasteiger partial charge in [0.1, 0.15) is 0 Å². The Morgan fingerprint density at radius 3 is 3.00 bits per heavy atom. The van der Waals surface area contributed by atoms with E-state index in [1.807, 2.05) is 0 Å². The van der Waals surface area contributed by atoms with Crippen LogP contribution in [-0.4, -0.2) is 10.2 Å². The molecule has 0 aromatic carbocycles. The van der Waals surface area contributed by atoms with Gasteiger partial charge in [-0.15, -0.1) is 0 Å². The van der Waals surface area contributed by atoms with Gasteiger partial charge < -0.3 is 0 Å². The molecule has 41 valence electrons. The molecule has 1 N–H and O–H groups in total. The molecule has 0 unspecified atom stereocenters. The van der Waals surface area contributed by atoms with Gasteiger partial charge in [-0.3, -0.25) is 4.79 Å². The van der Waals surface area contributed by atoms with Crippen molar-refractivity contribution >= 4 is 11.6 Å².